The zero-order valence-corrected chi connectivity index (χ0v) is 9.96. The number of hydrogen-bond acceptors (Lipinski definition) is 4. The Hall–Kier alpha value is -1.93. The molecule has 0 fully saturated rings. The van der Waals surface area contributed by atoms with Crippen LogP contribution in [0.4, 0.5) is 10.1 Å². The molecule has 0 saturated heterocycles. The predicted octanol–water partition coefficient (Wildman–Crippen LogP) is 3.27. The molecule has 86 valence electrons. The Balaban J connectivity index is 2.22. The van der Waals surface area contributed by atoms with Crippen LogP contribution in [0.1, 0.15) is 16.5 Å². The first-order valence-corrected chi connectivity index (χ1v) is 5.89. The zero-order chi connectivity index (χ0) is 12.3. The number of benzene rings is 1. The molecule has 1 atom stereocenters. The molecule has 1 heterocycles. The van der Waals surface area contributed by atoms with Crippen molar-refractivity contribution < 1.29 is 4.39 Å². The lowest BCUT2D eigenvalue weighted by Gasteiger charge is -2.11. The molecule has 3 nitrogen and oxygen atoms in total. The summed E-state index contributed by atoms with van der Waals surface area (Å²) in [5, 5.41) is 12.1. The standard InChI is InChI=1S/C12H10FN3S/c1-8-2-9(13)4-10(3-8)16-11(5-14)12-6-15-7-17-12/h2-4,6-7,11,16H,1H3. The first-order valence-electron chi connectivity index (χ1n) is 5.01. The summed E-state index contributed by atoms with van der Waals surface area (Å²) in [6, 6.07) is 6.25. The Morgan fingerprint density at radius 1 is 1.47 bits per heavy atom. The highest BCUT2D eigenvalue weighted by atomic mass is 32.1. The second-order valence-corrected chi connectivity index (χ2v) is 4.55. The van der Waals surface area contributed by atoms with Gasteiger partial charge < -0.3 is 5.32 Å². The highest BCUT2D eigenvalue weighted by Crippen LogP contribution is 2.23. The SMILES string of the molecule is Cc1cc(F)cc(NC(C#N)c2cncs2)c1. The second kappa shape index (κ2) is 4.93. The third-order valence-electron chi connectivity index (χ3n) is 2.22. The highest BCUT2D eigenvalue weighted by molar-refractivity contribution is 7.09. The Morgan fingerprint density at radius 3 is 2.88 bits per heavy atom. The molecule has 1 unspecified atom stereocenters. The van der Waals surface area contributed by atoms with Crippen LogP contribution in [-0.2, 0) is 0 Å². The first kappa shape index (κ1) is 11.6. The summed E-state index contributed by atoms with van der Waals surface area (Å²) in [5.74, 6) is -0.312. The van der Waals surface area contributed by atoms with E-state index >= 15 is 0 Å². The number of nitrogens with one attached hydrogen (secondary N) is 1. The van der Waals surface area contributed by atoms with Gasteiger partial charge in [-0.15, -0.1) is 11.3 Å². The van der Waals surface area contributed by atoms with Gasteiger partial charge in [-0.3, -0.25) is 4.98 Å². The van der Waals surface area contributed by atoms with Crippen molar-refractivity contribution in [1.82, 2.24) is 4.98 Å². The number of thiazole rings is 1. The zero-order valence-electron chi connectivity index (χ0n) is 9.14. The monoisotopic (exact) mass is 247 g/mol. The summed E-state index contributed by atoms with van der Waals surface area (Å²) in [6.07, 6.45) is 1.64. The van der Waals surface area contributed by atoms with E-state index in [1.165, 1.54) is 23.5 Å². The molecule has 2 rings (SSSR count). The third-order valence-corrected chi connectivity index (χ3v) is 3.06. The largest absolute Gasteiger partial charge is 0.365 e. The summed E-state index contributed by atoms with van der Waals surface area (Å²) >= 11 is 1.39. The number of hydrogen-bond donors (Lipinski definition) is 1. The van der Waals surface area contributed by atoms with Crippen molar-refractivity contribution in [2.75, 3.05) is 5.32 Å². The fourth-order valence-corrected chi connectivity index (χ4v) is 2.13. The molecule has 5 heteroatoms. The van der Waals surface area contributed by atoms with Gasteiger partial charge in [-0.1, -0.05) is 0 Å². The van der Waals surface area contributed by atoms with E-state index in [2.05, 4.69) is 16.4 Å². The molecule has 0 spiro atoms. The van der Waals surface area contributed by atoms with E-state index in [1.807, 2.05) is 6.92 Å². The van der Waals surface area contributed by atoms with E-state index < -0.39 is 6.04 Å². The van der Waals surface area contributed by atoms with Crippen molar-refractivity contribution in [1.29, 1.82) is 5.26 Å². The highest BCUT2D eigenvalue weighted by Gasteiger charge is 2.12. The first-order chi connectivity index (χ1) is 8.19. The van der Waals surface area contributed by atoms with Crippen LogP contribution in [0.15, 0.2) is 29.9 Å². The van der Waals surface area contributed by atoms with E-state index in [-0.39, 0.29) is 5.82 Å². The van der Waals surface area contributed by atoms with Gasteiger partial charge >= 0.3 is 0 Å². The van der Waals surface area contributed by atoms with Gasteiger partial charge in [0.1, 0.15) is 5.82 Å². The number of anilines is 1. The summed E-state index contributed by atoms with van der Waals surface area (Å²) in [7, 11) is 0. The van der Waals surface area contributed by atoms with Crippen molar-refractivity contribution >= 4 is 17.0 Å². The molecule has 0 bridgehead atoms. The predicted molar refractivity (Wildman–Crippen MR) is 65.2 cm³/mol. The molecule has 1 aromatic heterocycles. The van der Waals surface area contributed by atoms with E-state index in [0.717, 1.165) is 10.4 Å². The fourth-order valence-electron chi connectivity index (χ4n) is 1.52. The van der Waals surface area contributed by atoms with Gasteiger partial charge in [0.05, 0.1) is 16.5 Å². The number of halogens is 1. The van der Waals surface area contributed by atoms with E-state index in [9.17, 15) is 4.39 Å². The molecule has 1 aromatic carbocycles. The molecule has 0 aliphatic heterocycles. The van der Waals surface area contributed by atoms with Gasteiger partial charge in [-0.2, -0.15) is 5.26 Å². The average Bonchev–Trinajstić information content (AvgIpc) is 2.77. The minimum Gasteiger partial charge on any atom is -0.365 e. The van der Waals surface area contributed by atoms with Gasteiger partial charge in [0.2, 0.25) is 0 Å². The Kier molecular flexibility index (Phi) is 3.35. The van der Waals surface area contributed by atoms with Crippen LogP contribution in [0, 0.1) is 24.1 Å². The molecule has 1 N–H and O–H groups in total. The molecule has 2 aromatic rings. The third kappa shape index (κ3) is 2.80. The van der Waals surface area contributed by atoms with Crippen LogP contribution in [0.2, 0.25) is 0 Å². The van der Waals surface area contributed by atoms with Gasteiger partial charge in [-0.25, -0.2) is 4.39 Å². The van der Waals surface area contributed by atoms with Crippen molar-refractivity contribution in [2.45, 2.75) is 13.0 Å². The number of rotatable bonds is 3. The van der Waals surface area contributed by atoms with Crippen molar-refractivity contribution in [2.24, 2.45) is 0 Å². The molecule has 0 radical (unpaired) electrons. The summed E-state index contributed by atoms with van der Waals surface area (Å²) in [5.41, 5.74) is 3.08. The Labute approximate surface area is 103 Å². The normalized spacial score (nSPS) is 11.8. The lowest BCUT2D eigenvalue weighted by molar-refractivity contribution is 0.627. The van der Waals surface area contributed by atoms with Gasteiger partial charge in [0, 0.05) is 11.9 Å². The van der Waals surface area contributed by atoms with Crippen LogP contribution in [0.25, 0.3) is 0 Å². The maximum atomic E-state index is 13.2. The molecular formula is C12H10FN3S. The quantitative estimate of drug-likeness (QED) is 0.905. The second-order valence-electron chi connectivity index (χ2n) is 3.63. The molecule has 17 heavy (non-hydrogen) atoms. The average molecular weight is 247 g/mol. The minimum atomic E-state index is -0.497. The lowest BCUT2D eigenvalue weighted by Crippen LogP contribution is -2.07. The van der Waals surface area contributed by atoms with E-state index in [4.69, 9.17) is 5.26 Å². The van der Waals surface area contributed by atoms with Crippen molar-refractivity contribution in [3.05, 3.63) is 46.2 Å². The van der Waals surface area contributed by atoms with Crippen molar-refractivity contribution in [3.63, 3.8) is 0 Å². The number of nitriles is 1. The topological polar surface area (TPSA) is 48.7 Å². The molecule has 0 aliphatic rings. The van der Waals surface area contributed by atoms with Crippen LogP contribution in [0.3, 0.4) is 0 Å². The minimum absolute atomic E-state index is 0.312. The molecule has 0 aliphatic carbocycles. The van der Waals surface area contributed by atoms with Crippen LogP contribution in [-0.4, -0.2) is 4.98 Å². The number of aryl methyl sites for hydroxylation is 1. The molecular weight excluding hydrogens is 237 g/mol. The molecule has 0 saturated carbocycles. The fraction of sp³-hybridized carbons (Fsp3) is 0.167. The Morgan fingerprint density at radius 2 is 2.29 bits per heavy atom. The smallest absolute Gasteiger partial charge is 0.151 e. The maximum absolute atomic E-state index is 13.2. The molecule has 0 amide bonds. The summed E-state index contributed by atoms with van der Waals surface area (Å²) in [4.78, 5) is 4.74. The summed E-state index contributed by atoms with van der Waals surface area (Å²) < 4.78 is 13.2. The van der Waals surface area contributed by atoms with Crippen molar-refractivity contribution in [3.8, 4) is 6.07 Å². The van der Waals surface area contributed by atoms with Gasteiger partial charge in [-0.05, 0) is 30.7 Å². The van der Waals surface area contributed by atoms with Gasteiger partial charge in [0.15, 0.2) is 6.04 Å². The van der Waals surface area contributed by atoms with Crippen LogP contribution >= 0.6 is 11.3 Å². The van der Waals surface area contributed by atoms with E-state index in [1.54, 1.807) is 17.8 Å². The lowest BCUT2D eigenvalue weighted by atomic mass is 10.2. The maximum Gasteiger partial charge on any atom is 0.151 e. The van der Waals surface area contributed by atoms with E-state index in [0.29, 0.717) is 5.69 Å². The van der Waals surface area contributed by atoms with Crippen LogP contribution < -0.4 is 5.32 Å². The number of aromatic nitrogens is 1. The van der Waals surface area contributed by atoms with Gasteiger partial charge in [0.25, 0.3) is 0 Å². The summed E-state index contributed by atoms with van der Waals surface area (Å²) in [6.45, 7) is 1.81. The van der Waals surface area contributed by atoms with Crippen LogP contribution in [0.5, 0.6) is 0 Å². The number of nitrogens with zero attached hydrogens (tertiary/aromatic N) is 2. The Bertz CT molecular complexity index is 525.